The maximum Gasteiger partial charge on any atom is 0.264 e. The van der Waals surface area contributed by atoms with E-state index in [-0.39, 0.29) is 5.91 Å². The number of methoxy groups -OCH3 is 4. The maximum atomic E-state index is 12.4. The quantitative estimate of drug-likeness (QED) is 0.747. The third kappa shape index (κ3) is 4.07. The van der Waals surface area contributed by atoms with Crippen molar-refractivity contribution in [2.24, 2.45) is 4.99 Å². The molecule has 2 aromatic carbocycles. The van der Waals surface area contributed by atoms with Crippen LogP contribution in [0.25, 0.3) is 6.08 Å². The van der Waals surface area contributed by atoms with Crippen molar-refractivity contribution in [1.29, 1.82) is 0 Å². The van der Waals surface area contributed by atoms with Crippen molar-refractivity contribution in [2.45, 2.75) is 0 Å². The molecule has 8 heteroatoms. The van der Waals surface area contributed by atoms with E-state index in [1.807, 2.05) is 24.3 Å². The van der Waals surface area contributed by atoms with Gasteiger partial charge in [0.15, 0.2) is 16.7 Å². The van der Waals surface area contributed by atoms with Crippen LogP contribution in [0.1, 0.15) is 5.56 Å². The highest BCUT2D eigenvalue weighted by Gasteiger charge is 2.24. The van der Waals surface area contributed by atoms with Gasteiger partial charge in [0.1, 0.15) is 11.4 Å². The lowest BCUT2D eigenvalue weighted by Gasteiger charge is -2.12. The number of amidine groups is 1. The molecule has 0 saturated carbocycles. The van der Waals surface area contributed by atoms with E-state index in [0.717, 1.165) is 5.56 Å². The predicted octanol–water partition coefficient (Wildman–Crippen LogP) is 3.61. The lowest BCUT2D eigenvalue weighted by molar-refractivity contribution is -0.115. The zero-order valence-corrected chi connectivity index (χ0v) is 16.8. The summed E-state index contributed by atoms with van der Waals surface area (Å²) in [6, 6.07) is 10.9. The Hall–Kier alpha value is -3.13. The van der Waals surface area contributed by atoms with Crippen molar-refractivity contribution in [3.05, 3.63) is 46.9 Å². The van der Waals surface area contributed by atoms with Crippen LogP contribution in [0, 0.1) is 0 Å². The molecule has 0 radical (unpaired) electrons. The number of nitrogens with one attached hydrogen (secondary N) is 1. The molecule has 0 unspecified atom stereocenters. The second kappa shape index (κ2) is 8.71. The van der Waals surface area contributed by atoms with Crippen LogP contribution in [-0.2, 0) is 4.79 Å². The van der Waals surface area contributed by atoms with Crippen LogP contribution in [0.3, 0.4) is 0 Å². The maximum absolute atomic E-state index is 12.4. The highest BCUT2D eigenvalue weighted by Crippen LogP contribution is 2.39. The van der Waals surface area contributed by atoms with E-state index in [2.05, 4.69) is 10.3 Å². The van der Waals surface area contributed by atoms with Crippen LogP contribution in [-0.4, -0.2) is 39.5 Å². The molecular formula is C20H20N2O5S. The Balaban J connectivity index is 1.92. The van der Waals surface area contributed by atoms with E-state index in [1.54, 1.807) is 46.6 Å². The summed E-state index contributed by atoms with van der Waals surface area (Å²) in [5.41, 5.74) is 1.38. The molecule has 146 valence electrons. The van der Waals surface area contributed by atoms with Crippen molar-refractivity contribution in [2.75, 3.05) is 28.4 Å². The van der Waals surface area contributed by atoms with E-state index in [9.17, 15) is 4.79 Å². The van der Waals surface area contributed by atoms with Crippen LogP contribution in [0.5, 0.6) is 23.0 Å². The van der Waals surface area contributed by atoms with Gasteiger partial charge in [-0.2, -0.15) is 0 Å². The Morgan fingerprint density at radius 2 is 1.57 bits per heavy atom. The molecule has 1 amide bonds. The first kappa shape index (κ1) is 19.6. The van der Waals surface area contributed by atoms with E-state index in [4.69, 9.17) is 18.9 Å². The van der Waals surface area contributed by atoms with Crippen molar-refractivity contribution in [3.8, 4) is 23.0 Å². The van der Waals surface area contributed by atoms with Gasteiger partial charge in [0.2, 0.25) is 5.75 Å². The van der Waals surface area contributed by atoms with Gasteiger partial charge in [-0.15, -0.1) is 0 Å². The van der Waals surface area contributed by atoms with Crippen LogP contribution in [0.4, 0.5) is 5.69 Å². The number of hydrogen-bond donors (Lipinski definition) is 1. The predicted molar refractivity (Wildman–Crippen MR) is 110 cm³/mol. The Bertz CT molecular complexity index is 930. The summed E-state index contributed by atoms with van der Waals surface area (Å²) in [6.45, 7) is 0. The van der Waals surface area contributed by atoms with Gasteiger partial charge in [0.05, 0.1) is 33.3 Å². The first-order valence-electron chi connectivity index (χ1n) is 8.32. The molecule has 0 spiro atoms. The topological polar surface area (TPSA) is 78.4 Å². The summed E-state index contributed by atoms with van der Waals surface area (Å²) in [5.74, 6) is 1.92. The summed E-state index contributed by atoms with van der Waals surface area (Å²) < 4.78 is 21.3. The van der Waals surface area contributed by atoms with Crippen molar-refractivity contribution >= 4 is 34.6 Å². The van der Waals surface area contributed by atoms with Crippen LogP contribution in [0.15, 0.2) is 46.3 Å². The van der Waals surface area contributed by atoms with Gasteiger partial charge in [-0.05, 0) is 47.7 Å². The van der Waals surface area contributed by atoms with Gasteiger partial charge in [-0.1, -0.05) is 12.1 Å². The molecule has 1 aliphatic heterocycles. The smallest absolute Gasteiger partial charge is 0.264 e. The van der Waals surface area contributed by atoms with Gasteiger partial charge in [-0.3, -0.25) is 4.79 Å². The van der Waals surface area contributed by atoms with Gasteiger partial charge in [0, 0.05) is 0 Å². The van der Waals surface area contributed by atoms with Crippen molar-refractivity contribution in [3.63, 3.8) is 0 Å². The summed E-state index contributed by atoms with van der Waals surface area (Å²) in [4.78, 5) is 17.3. The molecule has 1 saturated heterocycles. The average molecular weight is 400 g/mol. The fraction of sp³-hybridized carbons (Fsp3) is 0.200. The molecule has 0 atom stereocenters. The molecule has 28 heavy (non-hydrogen) atoms. The zero-order chi connectivity index (χ0) is 20.1. The van der Waals surface area contributed by atoms with E-state index in [0.29, 0.717) is 38.8 Å². The van der Waals surface area contributed by atoms with Gasteiger partial charge in [-0.25, -0.2) is 4.99 Å². The average Bonchev–Trinajstić information content (AvgIpc) is 3.06. The van der Waals surface area contributed by atoms with Crippen molar-refractivity contribution in [1.82, 2.24) is 5.32 Å². The van der Waals surface area contributed by atoms with Crippen LogP contribution in [0.2, 0.25) is 0 Å². The van der Waals surface area contributed by atoms with E-state index in [1.165, 1.54) is 11.8 Å². The lowest BCUT2D eigenvalue weighted by Crippen LogP contribution is -2.19. The number of carbonyl (C=O) groups excluding carboxylic acids is 1. The fourth-order valence-electron chi connectivity index (χ4n) is 2.65. The number of amides is 1. The number of thioether (sulfide) groups is 1. The minimum absolute atomic E-state index is 0.229. The standard InChI is InChI=1S/C20H20N2O5S/c1-24-14-8-6-5-7-13(14)21-20-22-19(23)17(28-20)11-12-9-15(25-2)18(27-4)16(10-12)26-3/h5-11H,1-4H3,(H,21,22,23)/b17-11-. The molecule has 3 rings (SSSR count). The van der Waals surface area contributed by atoms with Crippen molar-refractivity contribution < 1.29 is 23.7 Å². The Morgan fingerprint density at radius 1 is 0.929 bits per heavy atom. The SMILES string of the molecule is COc1ccccc1N=C1NC(=O)/C(=C/c2cc(OC)c(OC)c(OC)c2)S1. The molecule has 1 aliphatic rings. The van der Waals surface area contributed by atoms with Crippen LogP contribution < -0.4 is 24.3 Å². The monoisotopic (exact) mass is 400 g/mol. The van der Waals surface area contributed by atoms with Gasteiger partial charge < -0.3 is 24.3 Å². The number of aliphatic imine (C=N–C) groups is 1. The molecule has 2 aromatic rings. The second-order valence-corrected chi connectivity index (χ2v) is 6.64. The largest absolute Gasteiger partial charge is 0.494 e. The molecule has 1 heterocycles. The number of hydrogen-bond acceptors (Lipinski definition) is 7. The summed E-state index contributed by atoms with van der Waals surface area (Å²) in [6.07, 6.45) is 1.75. The number of nitrogens with zero attached hydrogens (tertiary/aromatic N) is 1. The minimum atomic E-state index is -0.229. The molecular weight excluding hydrogens is 380 g/mol. The summed E-state index contributed by atoms with van der Waals surface area (Å²) in [7, 11) is 6.21. The van der Waals surface area contributed by atoms with E-state index >= 15 is 0 Å². The number of carbonyl (C=O) groups is 1. The normalized spacial score (nSPS) is 16.2. The third-order valence-corrected chi connectivity index (χ3v) is 4.85. The number of benzene rings is 2. The Kier molecular flexibility index (Phi) is 6.10. The van der Waals surface area contributed by atoms with Gasteiger partial charge >= 0.3 is 0 Å². The first-order valence-corrected chi connectivity index (χ1v) is 9.13. The first-order chi connectivity index (χ1) is 13.6. The minimum Gasteiger partial charge on any atom is -0.494 e. The lowest BCUT2D eigenvalue weighted by atomic mass is 10.1. The molecule has 7 nitrogen and oxygen atoms in total. The Labute approximate surface area is 167 Å². The second-order valence-electron chi connectivity index (χ2n) is 5.61. The fourth-order valence-corrected chi connectivity index (χ4v) is 3.48. The third-order valence-electron chi connectivity index (χ3n) is 3.94. The molecule has 0 bridgehead atoms. The zero-order valence-electron chi connectivity index (χ0n) is 15.9. The van der Waals surface area contributed by atoms with E-state index < -0.39 is 0 Å². The number of ether oxygens (including phenoxy) is 4. The molecule has 0 aromatic heterocycles. The number of rotatable bonds is 6. The Morgan fingerprint density at radius 3 is 2.18 bits per heavy atom. The summed E-state index contributed by atoms with van der Waals surface area (Å²) in [5, 5.41) is 3.25. The number of para-hydroxylation sites is 2. The molecule has 0 aliphatic carbocycles. The molecule has 1 fully saturated rings. The van der Waals surface area contributed by atoms with Gasteiger partial charge in [0.25, 0.3) is 5.91 Å². The van der Waals surface area contributed by atoms with Crippen LogP contribution >= 0.6 is 11.8 Å². The highest BCUT2D eigenvalue weighted by molar-refractivity contribution is 8.18. The highest BCUT2D eigenvalue weighted by atomic mass is 32.2. The molecule has 1 N–H and O–H groups in total. The summed E-state index contributed by atoms with van der Waals surface area (Å²) >= 11 is 1.25.